The third kappa shape index (κ3) is 6.12. The molecule has 11 heteroatoms. The number of methoxy groups -OCH3 is 1. The van der Waals surface area contributed by atoms with Crippen molar-refractivity contribution in [2.75, 3.05) is 23.9 Å². The normalized spacial score (nSPS) is 14.4. The van der Waals surface area contributed by atoms with Crippen LogP contribution in [0.1, 0.15) is 11.1 Å². The van der Waals surface area contributed by atoms with Gasteiger partial charge < -0.3 is 14.8 Å². The lowest BCUT2D eigenvalue weighted by Crippen LogP contribution is -2.54. The molecule has 0 atom stereocenters. The lowest BCUT2D eigenvalue weighted by molar-refractivity contribution is -0.122. The average molecular weight is 643 g/mol. The maximum Gasteiger partial charge on any atom is 0.335 e. The summed E-state index contributed by atoms with van der Waals surface area (Å²) < 4.78 is 11.8. The first-order valence-electron chi connectivity index (χ1n) is 11.2. The fourth-order valence-electron chi connectivity index (χ4n) is 3.56. The Morgan fingerprint density at radius 1 is 1.00 bits per heavy atom. The minimum atomic E-state index is -0.850. The fraction of sp³-hybridized carbons (Fsp3) is 0.111. The molecule has 9 nitrogen and oxygen atoms in total. The Labute approximate surface area is 235 Å². The molecule has 2 N–H and O–H groups in total. The highest BCUT2D eigenvalue weighted by Gasteiger charge is 2.36. The number of benzene rings is 3. The Hall–Kier alpha value is -3.96. The van der Waals surface area contributed by atoms with Crippen molar-refractivity contribution in [3.8, 4) is 11.5 Å². The minimum absolute atomic E-state index is 0.231. The number of nitrogens with zero attached hydrogens (tertiary/aromatic N) is 1. The van der Waals surface area contributed by atoms with Crippen LogP contribution in [0.25, 0.3) is 6.08 Å². The number of halogens is 2. The summed E-state index contributed by atoms with van der Waals surface area (Å²) in [5, 5.41) is 4.94. The minimum Gasteiger partial charge on any atom is -0.497 e. The highest BCUT2D eigenvalue weighted by molar-refractivity contribution is 9.11. The summed E-state index contributed by atoms with van der Waals surface area (Å²) in [4.78, 5) is 51.3. The van der Waals surface area contributed by atoms with Crippen LogP contribution in [0, 0.1) is 6.92 Å². The first-order chi connectivity index (χ1) is 18.2. The number of barbiturate groups is 1. The molecule has 5 amide bonds. The summed E-state index contributed by atoms with van der Waals surface area (Å²) in [6, 6.07) is 16.1. The van der Waals surface area contributed by atoms with Gasteiger partial charge in [-0.3, -0.25) is 19.7 Å². The van der Waals surface area contributed by atoms with Crippen LogP contribution >= 0.6 is 31.9 Å². The van der Waals surface area contributed by atoms with Gasteiger partial charge in [-0.25, -0.2) is 9.69 Å². The summed E-state index contributed by atoms with van der Waals surface area (Å²) in [7, 11) is 1.50. The number of urea groups is 1. The second-order valence-electron chi connectivity index (χ2n) is 8.17. The molecule has 0 bridgehead atoms. The smallest absolute Gasteiger partial charge is 0.335 e. The number of aryl methyl sites for hydroxylation is 1. The van der Waals surface area contributed by atoms with E-state index in [0.29, 0.717) is 31.7 Å². The van der Waals surface area contributed by atoms with Gasteiger partial charge in [0.15, 0.2) is 6.61 Å². The van der Waals surface area contributed by atoms with Gasteiger partial charge >= 0.3 is 6.03 Å². The molecule has 4 rings (SSSR count). The quantitative estimate of drug-likeness (QED) is 0.270. The summed E-state index contributed by atoms with van der Waals surface area (Å²) in [6.07, 6.45) is 1.37. The number of ether oxygens (including phenoxy) is 2. The zero-order valence-electron chi connectivity index (χ0n) is 20.2. The van der Waals surface area contributed by atoms with Crippen molar-refractivity contribution in [3.05, 3.63) is 86.3 Å². The Balaban J connectivity index is 1.51. The monoisotopic (exact) mass is 641 g/mol. The summed E-state index contributed by atoms with van der Waals surface area (Å²) >= 11 is 6.82. The van der Waals surface area contributed by atoms with E-state index in [0.717, 1.165) is 10.5 Å². The molecule has 0 saturated carbocycles. The van der Waals surface area contributed by atoms with Crippen LogP contribution in [-0.4, -0.2) is 37.5 Å². The Kier molecular flexibility index (Phi) is 8.28. The fourth-order valence-corrected chi connectivity index (χ4v) is 5.01. The predicted molar refractivity (Wildman–Crippen MR) is 149 cm³/mol. The van der Waals surface area contributed by atoms with Gasteiger partial charge in [0.25, 0.3) is 17.7 Å². The van der Waals surface area contributed by atoms with Gasteiger partial charge in [0.05, 0.1) is 21.7 Å². The Bertz CT molecular complexity index is 1430. The van der Waals surface area contributed by atoms with Gasteiger partial charge in [0.1, 0.15) is 17.1 Å². The number of imide groups is 2. The second-order valence-corrected chi connectivity index (χ2v) is 9.88. The van der Waals surface area contributed by atoms with E-state index in [-0.39, 0.29) is 23.8 Å². The molecule has 0 aromatic heterocycles. The third-order valence-corrected chi connectivity index (χ3v) is 6.62. The number of carbonyl (C=O) groups excluding carboxylic acids is 4. The molecule has 0 radical (unpaired) electrons. The first kappa shape index (κ1) is 27.1. The largest absolute Gasteiger partial charge is 0.497 e. The molecule has 1 heterocycles. The van der Waals surface area contributed by atoms with E-state index in [1.54, 1.807) is 36.4 Å². The molecule has 0 unspecified atom stereocenters. The molecule has 1 saturated heterocycles. The molecular weight excluding hydrogens is 622 g/mol. The topological polar surface area (TPSA) is 114 Å². The summed E-state index contributed by atoms with van der Waals surface area (Å²) in [6.45, 7) is 1.71. The van der Waals surface area contributed by atoms with Crippen molar-refractivity contribution < 1.29 is 28.7 Å². The number of nitrogens with one attached hydrogen (secondary N) is 2. The molecule has 1 aliphatic rings. The van der Waals surface area contributed by atoms with Gasteiger partial charge in [0, 0.05) is 5.69 Å². The predicted octanol–water partition coefficient (Wildman–Crippen LogP) is 5.21. The van der Waals surface area contributed by atoms with Gasteiger partial charge in [0.2, 0.25) is 0 Å². The maximum atomic E-state index is 13.1. The van der Waals surface area contributed by atoms with Gasteiger partial charge in [-0.05, 0) is 99.0 Å². The first-order valence-corrected chi connectivity index (χ1v) is 12.8. The molecule has 194 valence electrons. The average Bonchev–Trinajstić information content (AvgIpc) is 2.87. The van der Waals surface area contributed by atoms with Crippen molar-refractivity contribution in [2.24, 2.45) is 0 Å². The van der Waals surface area contributed by atoms with E-state index in [2.05, 4.69) is 42.5 Å². The third-order valence-electron chi connectivity index (χ3n) is 5.45. The van der Waals surface area contributed by atoms with Gasteiger partial charge in [-0.15, -0.1) is 0 Å². The van der Waals surface area contributed by atoms with Crippen LogP contribution in [0.5, 0.6) is 11.5 Å². The lowest BCUT2D eigenvalue weighted by Gasteiger charge is -2.26. The van der Waals surface area contributed by atoms with Crippen molar-refractivity contribution in [1.29, 1.82) is 0 Å². The van der Waals surface area contributed by atoms with Crippen LogP contribution in [0.15, 0.2) is 75.2 Å². The number of rotatable bonds is 7. The number of carbonyl (C=O) groups is 4. The Morgan fingerprint density at radius 2 is 1.63 bits per heavy atom. The summed E-state index contributed by atoms with van der Waals surface area (Å²) in [5.74, 6) is -1.02. The van der Waals surface area contributed by atoms with Crippen LogP contribution in [0.4, 0.5) is 16.2 Å². The zero-order valence-corrected chi connectivity index (χ0v) is 23.4. The number of anilines is 2. The van der Waals surface area contributed by atoms with E-state index in [1.807, 2.05) is 19.1 Å². The molecule has 0 aliphatic carbocycles. The van der Waals surface area contributed by atoms with Crippen molar-refractivity contribution in [2.45, 2.75) is 6.92 Å². The molecule has 3 aromatic carbocycles. The molecular formula is C27H21Br2N3O6. The van der Waals surface area contributed by atoms with Crippen LogP contribution in [-0.2, 0) is 14.4 Å². The van der Waals surface area contributed by atoms with Crippen molar-refractivity contribution in [1.82, 2.24) is 5.32 Å². The lowest BCUT2D eigenvalue weighted by atomic mass is 10.1. The van der Waals surface area contributed by atoms with E-state index >= 15 is 0 Å². The molecule has 0 spiro atoms. The second kappa shape index (κ2) is 11.6. The van der Waals surface area contributed by atoms with Crippen LogP contribution in [0.3, 0.4) is 0 Å². The van der Waals surface area contributed by atoms with E-state index in [9.17, 15) is 19.2 Å². The van der Waals surface area contributed by atoms with Crippen molar-refractivity contribution in [3.63, 3.8) is 0 Å². The SMILES string of the molecule is COc1ccc(N2C(=O)NC(=O)/C(=C\c3cc(Br)c(OCC(=O)Nc4ccc(C)cc4)c(Br)c3)C2=O)cc1. The highest BCUT2D eigenvalue weighted by Crippen LogP contribution is 2.36. The number of hydrogen-bond donors (Lipinski definition) is 2. The van der Waals surface area contributed by atoms with Gasteiger partial charge in [-0.2, -0.15) is 0 Å². The van der Waals surface area contributed by atoms with Crippen molar-refractivity contribution >= 4 is 73.1 Å². The van der Waals surface area contributed by atoms with Crippen LogP contribution in [0.2, 0.25) is 0 Å². The number of amides is 5. The summed E-state index contributed by atoms with van der Waals surface area (Å²) in [5.41, 5.74) is 2.26. The van der Waals surface area contributed by atoms with E-state index in [1.165, 1.54) is 25.3 Å². The number of hydrogen-bond acceptors (Lipinski definition) is 6. The van der Waals surface area contributed by atoms with E-state index < -0.39 is 17.8 Å². The highest BCUT2D eigenvalue weighted by atomic mass is 79.9. The van der Waals surface area contributed by atoms with E-state index in [4.69, 9.17) is 9.47 Å². The molecule has 1 aliphatic heterocycles. The molecule has 1 fully saturated rings. The zero-order chi connectivity index (χ0) is 27.4. The standard InChI is InChI=1S/C27H21Br2N3O6/c1-15-3-5-17(6-4-15)30-23(33)14-38-24-21(28)12-16(13-22(24)29)11-20-25(34)31-27(36)32(26(20)35)18-7-9-19(37-2)10-8-18/h3-13H,14H2,1-2H3,(H,30,33)(H,31,34,36)/b20-11+. The maximum absolute atomic E-state index is 13.1. The molecule has 38 heavy (non-hydrogen) atoms. The van der Waals surface area contributed by atoms with Gasteiger partial charge in [-0.1, -0.05) is 17.7 Å². The molecule has 3 aromatic rings. The Morgan fingerprint density at radius 3 is 2.24 bits per heavy atom. The van der Waals surface area contributed by atoms with Crippen LogP contribution < -0.4 is 25.0 Å².